The molecule has 1 amide bonds. The van der Waals surface area contributed by atoms with Gasteiger partial charge >= 0.3 is 6.09 Å². The molecule has 0 radical (unpaired) electrons. The minimum atomic E-state index is -0.432. The van der Waals surface area contributed by atoms with E-state index in [1.165, 1.54) is 0 Å². The molecule has 7 heteroatoms. The summed E-state index contributed by atoms with van der Waals surface area (Å²) in [5.74, 6) is 0. The highest BCUT2D eigenvalue weighted by atomic mass is 35.5. The second-order valence-corrected chi connectivity index (χ2v) is 3.77. The Kier molecular flexibility index (Phi) is 12.9. The van der Waals surface area contributed by atoms with Gasteiger partial charge in [0.1, 0.15) is 6.61 Å². The molecule has 0 aromatic heterocycles. The molecule has 5 N–H and O–H groups in total. The first-order valence-electron chi connectivity index (χ1n) is 5.62. The minimum absolute atomic E-state index is 0. The number of nitrogens with two attached hydrogens (primary N) is 2. The smallest absolute Gasteiger partial charge is 0.407 e. The van der Waals surface area contributed by atoms with Gasteiger partial charge < -0.3 is 21.5 Å². The Morgan fingerprint density at radius 3 is 2.47 bits per heavy atom. The number of hydrogen-bond acceptors (Lipinski definition) is 4. The van der Waals surface area contributed by atoms with E-state index in [0.717, 1.165) is 5.56 Å². The molecule has 0 heterocycles. The number of hydrogen-bond donors (Lipinski definition) is 3. The molecule has 0 spiro atoms. The van der Waals surface area contributed by atoms with Crippen LogP contribution in [0.4, 0.5) is 4.79 Å². The number of alkyl carbamates (subject to hydrolysis) is 1. The molecular formula is C12H21Cl2N3O2. The van der Waals surface area contributed by atoms with Crippen molar-refractivity contribution in [2.75, 3.05) is 13.1 Å². The maximum absolute atomic E-state index is 11.3. The molecule has 5 nitrogen and oxygen atoms in total. The Bertz CT molecular complexity index is 339. The maximum Gasteiger partial charge on any atom is 0.407 e. The summed E-state index contributed by atoms with van der Waals surface area (Å²) in [5.41, 5.74) is 11.9. The number of halogens is 2. The molecule has 0 saturated carbocycles. The van der Waals surface area contributed by atoms with Gasteiger partial charge in [-0.05, 0) is 12.0 Å². The van der Waals surface area contributed by atoms with E-state index in [-0.39, 0.29) is 37.5 Å². The van der Waals surface area contributed by atoms with Crippen LogP contribution >= 0.6 is 24.8 Å². The third-order valence-corrected chi connectivity index (χ3v) is 2.30. The van der Waals surface area contributed by atoms with Gasteiger partial charge in [0.25, 0.3) is 0 Å². The van der Waals surface area contributed by atoms with E-state index < -0.39 is 6.09 Å². The van der Waals surface area contributed by atoms with Crippen molar-refractivity contribution in [1.29, 1.82) is 0 Å². The fourth-order valence-electron chi connectivity index (χ4n) is 1.25. The van der Waals surface area contributed by atoms with Gasteiger partial charge in [-0.1, -0.05) is 30.3 Å². The van der Waals surface area contributed by atoms with Gasteiger partial charge in [-0.25, -0.2) is 4.79 Å². The molecule has 0 unspecified atom stereocenters. The van der Waals surface area contributed by atoms with Crippen molar-refractivity contribution < 1.29 is 9.53 Å². The summed E-state index contributed by atoms with van der Waals surface area (Å²) in [4.78, 5) is 11.3. The van der Waals surface area contributed by atoms with Crippen molar-refractivity contribution in [3.05, 3.63) is 35.9 Å². The zero-order valence-electron chi connectivity index (χ0n) is 10.6. The van der Waals surface area contributed by atoms with E-state index in [1.54, 1.807) is 0 Å². The van der Waals surface area contributed by atoms with E-state index >= 15 is 0 Å². The van der Waals surface area contributed by atoms with Gasteiger partial charge in [0.15, 0.2) is 0 Å². The fourth-order valence-corrected chi connectivity index (χ4v) is 1.25. The molecule has 19 heavy (non-hydrogen) atoms. The minimum Gasteiger partial charge on any atom is -0.445 e. The van der Waals surface area contributed by atoms with Crippen LogP contribution in [0.5, 0.6) is 0 Å². The van der Waals surface area contributed by atoms with E-state index in [2.05, 4.69) is 5.32 Å². The summed E-state index contributed by atoms with van der Waals surface area (Å²) in [6, 6.07) is 9.44. The lowest BCUT2D eigenvalue weighted by molar-refractivity contribution is 0.139. The second-order valence-electron chi connectivity index (χ2n) is 3.77. The summed E-state index contributed by atoms with van der Waals surface area (Å²) in [6.07, 6.45) is 0.217. The summed E-state index contributed by atoms with van der Waals surface area (Å²) in [5, 5.41) is 2.62. The van der Waals surface area contributed by atoms with Crippen LogP contribution in [-0.4, -0.2) is 25.2 Å². The van der Waals surface area contributed by atoms with Crippen LogP contribution in [0.25, 0.3) is 0 Å². The highest BCUT2D eigenvalue weighted by molar-refractivity contribution is 5.85. The molecule has 0 aliphatic rings. The van der Waals surface area contributed by atoms with Crippen LogP contribution in [0.2, 0.25) is 0 Å². The second kappa shape index (κ2) is 12.0. The van der Waals surface area contributed by atoms with Crippen molar-refractivity contribution in [2.24, 2.45) is 11.5 Å². The topological polar surface area (TPSA) is 90.4 Å². The van der Waals surface area contributed by atoms with E-state index in [1.807, 2.05) is 30.3 Å². The van der Waals surface area contributed by atoms with Crippen LogP contribution in [-0.2, 0) is 11.3 Å². The lowest BCUT2D eigenvalue weighted by Crippen LogP contribution is -2.35. The molecule has 1 rings (SSSR count). The predicted molar refractivity (Wildman–Crippen MR) is 80.8 cm³/mol. The molecule has 0 bridgehead atoms. The van der Waals surface area contributed by atoms with Crippen LogP contribution in [0, 0.1) is 0 Å². The predicted octanol–water partition coefficient (Wildman–Crippen LogP) is 1.43. The Balaban J connectivity index is 0. The number of carbonyl (C=O) groups is 1. The van der Waals surface area contributed by atoms with Crippen LogP contribution in [0.3, 0.4) is 0 Å². The summed E-state index contributed by atoms with van der Waals surface area (Å²) in [6.45, 7) is 1.17. The first-order chi connectivity index (χ1) is 8.22. The monoisotopic (exact) mass is 309 g/mol. The molecule has 0 aliphatic carbocycles. The molecule has 1 aromatic rings. The SMILES string of the molecule is Cl.Cl.NC[C@H](N)CCNC(=O)OCc1ccccc1. The van der Waals surface area contributed by atoms with Crippen molar-refractivity contribution in [3.8, 4) is 0 Å². The molecule has 0 aliphatic heterocycles. The van der Waals surface area contributed by atoms with E-state index in [4.69, 9.17) is 16.2 Å². The fraction of sp³-hybridized carbons (Fsp3) is 0.417. The Morgan fingerprint density at radius 1 is 1.26 bits per heavy atom. The zero-order valence-corrected chi connectivity index (χ0v) is 12.2. The van der Waals surface area contributed by atoms with Crippen molar-refractivity contribution in [1.82, 2.24) is 5.32 Å². The van der Waals surface area contributed by atoms with Crippen molar-refractivity contribution >= 4 is 30.9 Å². The van der Waals surface area contributed by atoms with E-state index in [0.29, 0.717) is 19.5 Å². The van der Waals surface area contributed by atoms with Gasteiger partial charge in [-0.15, -0.1) is 24.8 Å². The van der Waals surface area contributed by atoms with Gasteiger partial charge in [-0.3, -0.25) is 0 Å². The first kappa shape index (κ1) is 20.3. The highest BCUT2D eigenvalue weighted by Gasteiger charge is 2.03. The molecule has 1 aromatic carbocycles. The summed E-state index contributed by atoms with van der Waals surface area (Å²) >= 11 is 0. The number of amides is 1. The van der Waals surface area contributed by atoms with Crippen molar-refractivity contribution in [2.45, 2.75) is 19.1 Å². The number of ether oxygens (including phenoxy) is 1. The lowest BCUT2D eigenvalue weighted by Gasteiger charge is -2.10. The maximum atomic E-state index is 11.3. The standard InChI is InChI=1S/C12H19N3O2.2ClH/c13-8-11(14)6-7-15-12(16)17-9-10-4-2-1-3-5-10;;/h1-5,11H,6-9,13-14H2,(H,15,16);2*1H/t11-;;/m1../s1. The molecular weight excluding hydrogens is 289 g/mol. The average molecular weight is 310 g/mol. The third-order valence-electron chi connectivity index (χ3n) is 2.30. The quantitative estimate of drug-likeness (QED) is 0.741. The Hall–Kier alpha value is -1.01. The largest absolute Gasteiger partial charge is 0.445 e. The molecule has 0 saturated heterocycles. The summed E-state index contributed by atoms with van der Waals surface area (Å²) < 4.78 is 5.02. The third kappa shape index (κ3) is 9.55. The van der Waals surface area contributed by atoms with Gasteiger partial charge in [0.2, 0.25) is 0 Å². The molecule has 1 atom stereocenters. The molecule has 110 valence electrons. The highest BCUT2D eigenvalue weighted by Crippen LogP contribution is 2.00. The van der Waals surface area contributed by atoms with Gasteiger partial charge in [0, 0.05) is 19.1 Å². The van der Waals surface area contributed by atoms with Crippen LogP contribution < -0.4 is 16.8 Å². The van der Waals surface area contributed by atoms with E-state index in [9.17, 15) is 4.79 Å². The normalized spacial score (nSPS) is 10.6. The van der Waals surface area contributed by atoms with Gasteiger partial charge in [-0.2, -0.15) is 0 Å². The number of nitrogens with one attached hydrogen (secondary N) is 1. The zero-order chi connectivity index (χ0) is 12.5. The van der Waals surface area contributed by atoms with Crippen LogP contribution in [0.15, 0.2) is 30.3 Å². The number of rotatable bonds is 6. The molecule has 0 fully saturated rings. The average Bonchev–Trinajstić information content (AvgIpc) is 2.37. The lowest BCUT2D eigenvalue weighted by atomic mass is 10.2. The van der Waals surface area contributed by atoms with Crippen molar-refractivity contribution in [3.63, 3.8) is 0 Å². The van der Waals surface area contributed by atoms with Gasteiger partial charge in [0.05, 0.1) is 0 Å². The summed E-state index contributed by atoms with van der Waals surface area (Å²) in [7, 11) is 0. The Morgan fingerprint density at radius 2 is 1.89 bits per heavy atom. The number of benzene rings is 1. The van der Waals surface area contributed by atoms with Crippen LogP contribution in [0.1, 0.15) is 12.0 Å². The first-order valence-corrected chi connectivity index (χ1v) is 5.62. The Labute approximate surface area is 125 Å². The number of carbonyl (C=O) groups excluding carboxylic acids is 1.